The molecule has 0 spiro atoms. The van der Waals surface area contributed by atoms with Gasteiger partial charge in [-0.25, -0.2) is 0 Å². The second-order valence-electron chi connectivity index (χ2n) is 2.89. The van der Waals surface area contributed by atoms with Crippen LogP contribution in [0.5, 0.6) is 0 Å². The largest absolute Gasteiger partial charge is 0.469 e. The van der Waals surface area contributed by atoms with Crippen molar-refractivity contribution in [3.05, 3.63) is 12.2 Å². The Hall–Kier alpha value is -0.830. The quantitative estimate of drug-likeness (QED) is 0.407. The number of methoxy groups -OCH3 is 1. The van der Waals surface area contributed by atoms with Crippen molar-refractivity contribution in [2.75, 3.05) is 7.11 Å². The summed E-state index contributed by atoms with van der Waals surface area (Å²) in [6.45, 7) is 0. The molecule has 2 aliphatic heterocycles. The van der Waals surface area contributed by atoms with Gasteiger partial charge in [0.2, 0.25) is 0 Å². The summed E-state index contributed by atoms with van der Waals surface area (Å²) in [4.78, 5) is 11.1. The highest BCUT2D eigenvalue weighted by Crippen LogP contribution is 2.34. The summed E-state index contributed by atoms with van der Waals surface area (Å²) in [6, 6.07) is 0. The van der Waals surface area contributed by atoms with E-state index < -0.39 is 0 Å². The Balaban J connectivity index is 2.08. The molecule has 0 aliphatic carbocycles. The Bertz CT molecular complexity index is 209. The van der Waals surface area contributed by atoms with E-state index in [-0.39, 0.29) is 24.1 Å². The van der Waals surface area contributed by atoms with E-state index in [1.807, 2.05) is 12.2 Å². The van der Waals surface area contributed by atoms with E-state index in [9.17, 15) is 4.79 Å². The normalized spacial score (nSPS) is 39.5. The van der Waals surface area contributed by atoms with E-state index in [1.165, 1.54) is 7.11 Å². The average molecular weight is 154 g/mol. The van der Waals surface area contributed by atoms with Gasteiger partial charge in [-0.3, -0.25) is 4.79 Å². The maximum atomic E-state index is 11.1. The molecule has 0 radical (unpaired) electrons. The van der Waals surface area contributed by atoms with Crippen LogP contribution in [0.15, 0.2) is 12.2 Å². The first-order valence-electron chi connectivity index (χ1n) is 3.73. The van der Waals surface area contributed by atoms with Crippen LogP contribution >= 0.6 is 0 Å². The fourth-order valence-corrected chi connectivity index (χ4v) is 1.66. The molecule has 2 bridgehead atoms. The first-order valence-corrected chi connectivity index (χ1v) is 3.73. The number of carbonyl (C=O) groups excluding carboxylic acids is 1. The van der Waals surface area contributed by atoms with Gasteiger partial charge in [-0.15, -0.1) is 0 Å². The van der Waals surface area contributed by atoms with Gasteiger partial charge in [0.25, 0.3) is 0 Å². The van der Waals surface area contributed by atoms with Gasteiger partial charge < -0.3 is 9.47 Å². The Morgan fingerprint density at radius 2 is 2.45 bits per heavy atom. The molecule has 11 heavy (non-hydrogen) atoms. The Labute approximate surface area is 65.0 Å². The van der Waals surface area contributed by atoms with Crippen LogP contribution in [0.4, 0.5) is 0 Å². The smallest absolute Gasteiger partial charge is 0.311 e. The molecule has 3 nitrogen and oxygen atoms in total. The number of hydrogen-bond acceptors (Lipinski definition) is 3. The molecule has 60 valence electrons. The fraction of sp³-hybridized carbons (Fsp3) is 0.625. The molecule has 2 aliphatic rings. The first-order chi connectivity index (χ1) is 5.31. The van der Waals surface area contributed by atoms with E-state index in [2.05, 4.69) is 4.74 Å². The molecule has 2 heterocycles. The van der Waals surface area contributed by atoms with Crippen LogP contribution < -0.4 is 0 Å². The molecule has 0 aromatic rings. The highest BCUT2D eigenvalue weighted by Gasteiger charge is 2.41. The molecule has 0 aromatic heterocycles. The van der Waals surface area contributed by atoms with Crippen LogP contribution in [0.2, 0.25) is 0 Å². The van der Waals surface area contributed by atoms with Gasteiger partial charge in [0.15, 0.2) is 0 Å². The molecule has 0 amide bonds. The highest BCUT2D eigenvalue weighted by atomic mass is 16.5. The first kappa shape index (κ1) is 6.85. The highest BCUT2D eigenvalue weighted by molar-refractivity contribution is 5.74. The molecule has 2 rings (SSSR count). The summed E-state index contributed by atoms with van der Waals surface area (Å²) >= 11 is 0. The lowest BCUT2D eigenvalue weighted by Gasteiger charge is -2.11. The lowest BCUT2D eigenvalue weighted by Crippen LogP contribution is -2.24. The van der Waals surface area contributed by atoms with Gasteiger partial charge in [-0.2, -0.15) is 0 Å². The molecule has 3 heteroatoms. The zero-order chi connectivity index (χ0) is 7.84. The molecule has 0 N–H and O–H groups in total. The Morgan fingerprint density at radius 1 is 1.64 bits per heavy atom. The van der Waals surface area contributed by atoms with Gasteiger partial charge in [-0.1, -0.05) is 12.2 Å². The third kappa shape index (κ3) is 0.959. The van der Waals surface area contributed by atoms with Crippen molar-refractivity contribution < 1.29 is 14.3 Å². The molecule has 0 aromatic carbocycles. The molecular formula is C8H10O3. The number of carbonyl (C=O) groups is 1. The monoisotopic (exact) mass is 154 g/mol. The number of esters is 1. The van der Waals surface area contributed by atoms with Gasteiger partial charge in [0.1, 0.15) is 0 Å². The fourth-order valence-electron chi connectivity index (χ4n) is 1.66. The summed E-state index contributed by atoms with van der Waals surface area (Å²) in [5.74, 6) is -0.211. The van der Waals surface area contributed by atoms with E-state index in [0.29, 0.717) is 0 Å². The topological polar surface area (TPSA) is 35.5 Å². The summed E-state index contributed by atoms with van der Waals surface area (Å²) in [5.41, 5.74) is 0. The minimum Gasteiger partial charge on any atom is -0.469 e. The summed E-state index contributed by atoms with van der Waals surface area (Å²) in [6.07, 6.45) is 4.87. The Morgan fingerprint density at radius 3 is 2.91 bits per heavy atom. The van der Waals surface area contributed by atoms with Crippen molar-refractivity contribution in [1.29, 1.82) is 0 Å². The third-order valence-electron chi connectivity index (χ3n) is 2.23. The van der Waals surface area contributed by atoms with Gasteiger partial charge in [0.05, 0.1) is 25.2 Å². The van der Waals surface area contributed by atoms with E-state index in [0.717, 1.165) is 6.42 Å². The average Bonchev–Trinajstić information content (AvgIpc) is 2.62. The van der Waals surface area contributed by atoms with E-state index in [4.69, 9.17) is 4.74 Å². The number of ether oxygens (including phenoxy) is 2. The SMILES string of the molecule is COC(=O)[C@@H]1C[C@H]2C=C[C@@H]1O2. The van der Waals surface area contributed by atoms with Crippen LogP contribution in [0.3, 0.4) is 0 Å². The van der Waals surface area contributed by atoms with Gasteiger partial charge in [-0.05, 0) is 6.42 Å². The standard InChI is InChI=1S/C8H10O3/c1-10-8(9)6-4-5-2-3-7(6)11-5/h2-3,5-7H,4H2,1H3/t5-,6-,7+/m1/s1. The summed E-state index contributed by atoms with van der Waals surface area (Å²) in [5, 5.41) is 0. The van der Waals surface area contributed by atoms with Gasteiger partial charge >= 0.3 is 5.97 Å². The predicted molar refractivity (Wildman–Crippen MR) is 37.9 cm³/mol. The van der Waals surface area contributed by atoms with Crippen molar-refractivity contribution in [3.63, 3.8) is 0 Å². The van der Waals surface area contributed by atoms with Crippen LogP contribution in [0.1, 0.15) is 6.42 Å². The van der Waals surface area contributed by atoms with Crippen LogP contribution in [0.25, 0.3) is 0 Å². The Kier molecular flexibility index (Phi) is 1.46. The van der Waals surface area contributed by atoms with Gasteiger partial charge in [0, 0.05) is 0 Å². The molecule has 0 unspecified atom stereocenters. The van der Waals surface area contributed by atoms with Crippen molar-refractivity contribution in [3.8, 4) is 0 Å². The predicted octanol–water partition coefficient (Wildman–Crippen LogP) is 0.503. The van der Waals surface area contributed by atoms with Crippen LogP contribution in [0, 0.1) is 5.92 Å². The minimum atomic E-state index is -0.151. The molecule has 1 saturated heterocycles. The second-order valence-corrected chi connectivity index (χ2v) is 2.89. The second kappa shape index (κ2) is 2.34. The third-order valence-corrected chi connectivity index (χ3v) is 2.23. The number of fused-ring (bicyclic) bond motifs is 2. The maximum absolute atomic E-state index is 11.1. The zero-order valence-corrected chi connectivity index (χ0v) is 6.32. The van der Waals surface area contributed by atoms with Crippen LogP contribution in [-0.4, -0.2) is 25.3 Å². The maximum Gasteiger partial charge on any atom is 0.311 e. The summed E-state index contributed by atoms with van der Waals surface area (Å²) in [7, 11) is 1.41. The molecule has 0 saturated carbocycles. The minimum absolute atomic E-state index is 0.0209. The number of hydrogen-bond donors (Lipinski definition) is 0. The van der Waals surface area contributed by atoms with Crippen molar-refractivity contribution in [2.45, 2.75) is 18.6 Å². The van der Waals surface area contributed by atoms with E-state index in [1.54, 1.807) is 0 Å². The van der Waals surface area contributed by atoms with E-state index >= 15 is 0 Å². The van der Waals surface area contributed by atoms with Crippen molar-refractivity contribution >= 4 is 5.97 Å². The van der Waals surface area contributed by atoms with Crippen molar-refractivity contribution in [1.82, 2.24) is 0 Å². The number of rotatable bonds is 1. The zero-order valence-electron chi connectivity index (χ0n) is 6.32. The van der Waals surface area contributed by atoms with Crippen LogP contribution in [-0.2, 0) is 14.3 Å². The molecular weight excluding hydrogens is 144 g/mol. The molecule has 3 atom stereocenters. The van der Waals surface area contributed by atoms with Crippen molar-refractivity contribution in [2.24, 2.45) is 5.92 Å². The lowest BCUT2D eigenvalue weighted by molar-refractivity contribution is -0.146. The molecule has 1 fully saturated rings. The summed E-state index contributed by atoms with van der Waals surface area (Å²) < 4.78 is 10.0. The lowest BCUT2D eigenvalue weighted by atomic mass is 9.95.